The van der Waals surface area contributed by atoms with Gasteiger partial charge in [-0.1, -0.05) is 231 Å². The van der Waals surface area contributed by atoms with Gasteiger partial charge in [-0.25, -0.2) is 0 Å². The van der Waals surface area contributed by atoms with Gasteiger partial charge >= 0.3 is 0 Å². The van der Waals surface area contributed by atoms with Gasteiger partial charge in [0.1, 0.15) is 0 Å². The van der Waals surface area contributed by atoms with Crippen LogP contribution in [0, 0.1) is 0 Å². The SMILES string of the molecule is c1ccc(-c2cc(-c3ccccc3)cc(-n3c4ccccc4c4cc(-c5ccc6c(c5)c5ccccc5n6-c5cc(-c6ccccc6)cc(C(c6ccccc6)(c6ccccc6)c6ccccc6)c5)ccc43)c2)cc1. The van der Waals surface area contributed by atoms with Crippen molar-refractivity contribution in [2.75, 3.05) is 0 Å². The maximum Gasteiger partial charge on any atom is 0.0702 e. The van der Waals surface area contributed by atoms with E-state index >= 15 is 0 Å². The third-order valence-corrected chi connectivity index (χ3v) is 15.4. The monoisotopic (exact) mass is 954 g/mol. The molecule has 0 unspecified atom stereocenters. The Hall–Kier alpha value is -9.76. The van der Waals surface area contributed by atoms with Crippen LogP contribution in [0.5, 0.6) is 0 Å². The van der Waals surface area contributed by atoms with E-state index in [1.165, 1.54) is 93.8 Å². The Bertz CT molecular complexity index is 4210. The lowest BCUT2D eigenvalue weighted by Crippen LogP contribution is -2.31. The van der Waals surface area contributed by atoms with Gasteiger partial charge in [0.2, 0.25) is 0 Å². The minimum atomic E-state index is -0.633. The van der Waals surface area contributed by atoms with E-state index in [-0.39, 0.29) is 0 Å². The fourth-order valence-electron chi connectivity index (χ4n) is 12.0. The zero-order valence-corrected chi connectivity index (χ0v) is 41.3. The van der Waals surface area contributed by atoms with Crippen LogP contribution < -0.4 is 0 Å². The molecule has 14 rings (SSSR count). The molecule has 0 radical (unpaired) electrons. The molecular formula is C73H50N2. The maximum absolute atomic E-state index is 2.49. The molecule has 0 aliphatic rings. The largest absolute Gasteiger partial charge is 0.309 e. The van der Waals surface area contributed by atoms with Gasteiger partial charge in [0, 0.05) is 32.9 Å². The molecule has 2 heterocycles. The molecule has 0 aliphatic heterocycles. The minimum Gasteiger partial charge on any atom is -0.309 e. The van der Waals surface area contributed by atoms with E-state index in [1.807, 2.05) is 0 Å². The van der Waals surface area contributed by atoms with E-state index < -0.39 is 5.41 Å². The van der Waals surface area contributed by atoms with E-state index in [4.69, 9.17) is 0 Å². The molecule has 2 heteroatoms. The van der Waals surface area contributed by atoms with Crippen molar-refractivity contribution in [2.45, 2.75) is 5.41 Å². The Kier molecular flexibility index (Phi) is 10.8. The lowest BCUT2D eigenvalue weighted by atomic mass is 9.64. The highest BCUT2D eigenvalue weighted by Gasteiger charge is 2.39. The molecule has 0 N–H and O–H groups in total. The first-order chi connectivity index (χ1) is 37.2. The molecular weight excluding hydrogens is 905 g/mol. The van der Waals surface area contributed by atoms with Crippen LogP contribution in [-0.4, -0.2) is 9.13 Å². The highest BCUT2D eigenvalue weighted by molar-refractivity contribution is 6.13. The number of para-hydroxylation sites is 2. The van der Waals surface area contributed by atoms with Crippen LogP contribution in [0.25, 0.3) is 99.5 Å². The number of aromatic nitrogens is 2. The average Bonchev–Trinajstić information content (AvgIpc) is 4.01. The summed E-state index contributed by atoms with van der Waals surface area (Å²) < 4.78 is 4.93. The van der Waals surface area contributed by atoms with Crippen LogP contribution in [0.2, 0.25) is 0 Å². The van der Waals surface area contributed by atoms with Crippen molar-refractivity contribution >= 4 is 43.6 Å². The highest BCUT2D eigenvalue weighted by atomic mass is 15.0. The Balaban J connectivity index is 0.960. The number of rotatable bonds is 10. The van der Waals surface area contributed by atoms with Gasteiger partial charge in [-0.15, -0.1) is 0 Å². The van der Waals surface area contributed by atoms with E-state index in [0.29, 0.717) is 0 Å². The quantitative estimate of drug-likeness (QED) is 0.121. The van der Waals surface area contributed by atoms with Gasteiger partial charge in [-0.3, -0.25) is 0 Å². The number of hydrogen-bond acceptors (Lipinski definition) is 0. The molecule has 0 aliphatic carbocycles. The summed E-state index contributed by atoms with van der Waals surface area (Å²) in [6.45, 7) is 0. The predicted molar refractivity (Wildman–Crippen MR) is 315 cm³/mol. The van der Waals surface area contributed by atoms with Crippen molar-refractivity contribution in [2.24, 2.45) is 0 Å². The van der Waals surface area contributed by atoms with Gasteiger partial charge in [0.25, 0.3) is 0 Å². The fraction of sp³-hybridized carbons (Fsp3) is 0.0137. The topological polar surface area (TPSA) is 9.86 Å². The zero-order valence-electron chi connectivity index (χ0n) is 41.3. The van der Waals surface area contributed by atoms with Crippen molar-refractivity contribution in [1.29, 1.82) is 0 Å². The summed E-state index contributed by atoms with van der Waals surface area (Å²) in [7, 11) is 0. The lowest BCUT2D eigenvalue weighted by Gasteiger charge is -2.37. The summed E-state index contributed by atoms with van der Waals surface area (Å²) in [5.41, 5.74) is 20.6. The molecule has 0 saturated heterocycles. The van der Waals surface area contributed by atoms with Crippen molar-refractivity contribution in [3.63, 3.8) is 0 Å². The minimum absolute atomic E-state index is 0.633. The van der Waals surface area contributed by atoms with Crippen molar-refractivity contribution < 1.29 is 0 Å². The molecule has 0 spiro atoms. The third-order valence-electron chi connectivity index (χ3n) is 15.4. The molecule has 0 atom stereocenters. The first kappa shape index (κ1) is 44.0. The van der Waals surface area contributed by atoms with Gasteiger partial charge in [0.05, 0.1) is 27.5 Å². The standard InChI is InChI=1S/C73H50N2/c1-7-23-51(24-8-1)56-43-57(52-25-9-2-10-26-52)46-63(45-56)74-69-37-21-19-35-65(69)67-48-54(39-41-71(67)74)55-40-42-72-68(49-55)66-36-20-22-38-70(66)75(72)64-47-58(53-27-11-3-12-28-53)44-62(50-64)73(59-29-13-4-14-30-59,60-31-15-5-16-32-60)61-33-17-6-18-34-61/h1-50H. The lowest BCUT2D eigenvalue weighted by molar-refractivity contribution is 0.744. The van der Waals surface area contributed by atoms with Gasteiger partial charge in [-0.2, -0.15) is 0 Å². The Morgan fingerprint density at radius 1 is 0.187 bits per heavy atom. The van der Waals surface area contributed by atoms with E-state index in [2.05, 4.69) is 312 Å². The first-order valence-electron chi connectivity index (χ1n) is 25.9. The van der Waals surface area contributed by atoms with E-state index in [9.17, 15) is 0 Å². The second-order valence-corrected chi connectivity index (χ2v) is 19.7. The van der Waals surface area contributed by atoms with Crippen LogP contribution in [-0.2, 0) is 5.41 Å². The van der Waals surface area contributed by atoms with Crippen LogP contribution in [0.15, 0.2) is 303 Å². The first-order valence-corrected chi connectivity index (χ1v) is 25.9. The highest BCUT2D eigenvalue weighted by Crippen LogP contribution is 2.48. The van der Waals surface area contributed by atoms with E-state index in [0.717, 1.165) is 28.0 Å². The van der Waals surface area contributed by atoms with Crippen LogP contribution in [0.4, 0.5) is 0 Å². The van der Waals surface area contributed by atoms with Crippen molar-refractivity contribution in [3.8, 4) is 55.9 Å². The summed E-state index contributed by atoms with van der Waals surface area (Å²) >= 11 is 0. The normalized spacial score (nSPS) is 11.7. The van der Waals surface area contributed by atoms with Gasteiger partial charge in [0.15, 0.2) is 0 Å². The summed E-state index contributed by atoms with van der Waals surface area (Å²) in [6, 6.07) is 112. The maximum atomic E-state index is 2.49. The molecule has 352 valence electrons. The predicted octanol–water partition coefficient (Wildman–Crippen LogP) is 18.9. The smallest absolute Gasteiger partial charge is 0.0702 e. The zero-order chi connectivity index (χ0) is 49.7. The number of fused-ring (bicyclic) bond motifs is 6. The molecule has 0 fully saturated rings. The molecule has 0 bridgehead atoms. The molecule has 0 amide bonds. The van der Waals surface area contributed by atoms with Crippen molar-refractivity contribution in [1.82, 2.24) is 9.13 Å². The number of hydrogen-bond donors (Lipinski definition) is 0. The molecule has 0 saturated carbocycles. The Morgan fingerprint density at radius 3 is 0.907 bits per heavy atom. The van der Waals surface area contributed by atoms with Crippen LogP contribution >= 0.6 is 0 Å². The molecule has 75 heavy (non-hydrogen) atoms. The van der Waals surface area contributed by atoms with Gasteiger partial charge in [-0.05, 0) is 140 Å². The van der Waals surface area contributed by atoms with Gasteiger partial charge < -0.3 is 9.13 Å². The third kappa shape index (κ3) is 7.49. The summed E-state index contributed by atoms with van der Waals surface area (Å²) in [5.74, 6) is 0. The fourth-order valence-corrected chi connectivity index (χ4v) is 12.0. The average molecular weight is 955 g/mol. The second-order valence-electron chi connectivity index (χ2n) is 19.7. The Morgan fingerprint density at radius 2 is 0.507 bits per heavy atom. The number of benzene rings is 12. The van der Waals surface area contributed by atoms with E-state index in [1.54, 1.807) is 0 Å². The summed E-state index contributed by atoms with van der Waals surface area (Å²) in [6.07, 6.45) is 0. The van der Waals surface area contributed by atoms with Crippen LogP contribution in [0.3, 0.4) is 0 Å². The molecule has 12 aromatic carbocycles. The molecule has 2 nitrogen and oxygen atoms in total. The number of nitrogens with zero attached hydrogens (tertiary/aromatic N) is 2. The Labute approximate surface area is 437 Å². The molecule has 14 aromatic rings. The van der Waals surface area contributed by atoms with Crippen LogP contribution in [0.1, 0.15) is 22.3 Å². The summed E-state index contributed by atoms with van der Waals surface area (Å²) in [4.78, 5) is 0. The van der Waals surface area contributed by atoms with Crippen molar-refractivity contribution in [3.05, 3.63) is 326 Å². The summed E-state index contributed by atoms with van der Waals surface area (Å²) in [5, 5.41) is 4.88. The second kappa shape index (κ2) is 18.4. The molecule has 2 aromatic heterocycles.